The number of hydrogen-bond acceptors (Lipinski definition) is 3. The van der Waals surface area contributed by atoms with Crippen LogP contribution in [0.25, 0.3) is 0 Å². The molecule has 2 aliphatic rings. The maximum absolute atomic E-state index is 4.93. The molecule has 0 radical (unpaired) electrons. The maximum atomic E-state index is 4.93. The Morgan fingerprint density at radius 2 is 2.00 bits per heavy atom. The number of rotatable bonds is 4. The second-order valence-corrected chi connectivity index (χ2v) is 8.75. The van der Waals surface area contributed by atoms with Crippen LogP contribution in [0.2, 0.25) is 0 Å². The molecule has 0 atom stereocenters. The number of aromatic nitrogens is 1. The Hall–Kier alpha value is -0.370. The Kier molecular flexibility index (Phi) is 7.98. The molecule has 1 N–H and O–H groups in total. The van der Waals surface area contributed by atoms with Crippen LogP contribution < -0.4 is 5.32 Å². The van der Waals surface area contributed by atoms with Gasteiger partial charge in [-0.25, -0.2) is 4.98 Å². The minimum absolute atomic E-state index is 0. The summed E-state index contributed by atoms with van der Waals surface area (Å²) in [5, 5.41) is 4.68. The van der Waals surface area contributed by atoms with Crippen molar-refractivity contribution < 1.29 is 0 Å². The summed E-state index contributed by atoms with van der Waals surface area (Å²) in [7, 11) is 0. The summed E-state index contributed by atoms with van der Waals surface area (Å²) in [4.78, 5) is 13.4. The predicted octanol–water partition coefficient (Wildman–Crippen LogP) is 4.54. The lowest BCUT2D eigenvalue weighted by Crippen LogP contribution is -2.41. The van der Waals surface area contributed by atoms with Crippen molar-refractivity contribution in [3.05, 3.63) is 15.6 Å². The fourth-order valence-electron chi connectivity index (χ4n) is 4.32. The second kappa shape index (κ2) is 9.53. The Bertz CT molecular complexity index is 578. The summed E-state index contributed by atoms with van der Waals surface area (Å²) in [6.07, 6.45) is 9.47. The van der Waals surface area contributed by atoms with Gasteiger partial charge in [0.25, 0.3) is 0 Å². The highest BCUT2D eigenvalue weighted by molar-refractivity contribution is 14.0. The van der Waals surface area contributed by atoms with Crippen molar-refractivity contribution in [2.45, 2.75) is 65.7 Å². The van der Waals surface area contributed by atoms with Gasteiger partial charge >= 0.3 is 0 Å². The molecule has 1 aliphatic carbocycles. The molecule has 3 rings (SSSR count). The van der Waals surface area contributed by atoms with Crippen LogP contribution in [-0.2, 0) is 6.42 Å². The van der Waals surface area contributed by atoms with E-state index in [2.05, 4.69) is 36.0 Å². The van der Waals surface area contributed by atoms with Gasteiger partial charge in [0, 0.05) is 37.5 Å². The van der Waals surface area contributed by atoms with Crippen molar-refractivity contribution in [3.63, 3.8) is 0 Å². The summed E-state index contributed by atoms with van der Waals surface area (Å²) in [6.45, 7) is 10.5. The molecule has 0 aromatic carbocycles. The van der Waals surface area contributed by atoms with Crippen molar-refractivity contribution >= 4 is 41.3 Å². The molecule has 4 nitrogen and oxygen atoms in total. The normalized spacial score (nSPS) is 20.0. The van der Waals surface area contributed by atoms with E-state index in [0.717, 1.165) is 30.5 Å². The first-order valence-corrected chi connectivity index (χ1v) is 10.4. The highest BCUT2D eigenvalue weighted by Crippen LogP contribution is 2.43. The van der Waals surface area contributed by atoms with Crippen LogP contribution in [0.3, 0.4) is 0 Å². The third kappa shape index (κ3) is 5.31. The van der Waals surface area contributed by atoms with E-state index in [1.807, 2.05) is 11.3 Å². The lowest BCUT2D eigenvalue weighted by molar-refractivity contribution is 0.203. The SMILES string of the molecule is CCNC(=NCCc1sc(C)nc1C)N1CCC2(CCCCC2)C1.I. The molecular weight excluding hydrogens is 443 g/mol. The van der Waals surface area contributed by atoms with Crippen molar-refractivity contribution in [3.8, 4) is 0 Å². The third-order valence-electron chi connectivity index (χ3n) is 5.59. The summed E-state index contributed by atoms with van der Waals surface area (Å²) >= 11 is 1.81. The van der Waals surface area contributed by atoms with Gasteiger partial charge in [-0.3, -0.25) is 4.99 Å². The topological polar surface area (TPSA) is 40.5 Å². The molecule has 0 bridgehead atoms. The van der Waals surface area contributed by atoms with Gasteiger partial charge in [0.1, 0.15) is 0 Å². The molecule has 142 valence electrons. The average Bonchev–Trinajstić information content (AvgIpc) is 3.11. The summed E-state index contributed by atoms with van der Waals surface area (Å²) in [6, 6.07) is 0. The highest BCUT2D eigenvalue weighted by Gasteiger charge is 2.39. The van der Waals surface area contributed by atoms with Crippen molar-refractivity contribution in [2.75, 3.05) is 26.2 Å². The van der Waals surface area contributed by atoms with Crippen LogP contribution >= 0.6 is 35.3 Å². The molecule has 1 spiro atoms. The third-order valence-corrected chi connectivity index (χ3v) is 6.72. The van der Waals surface area contributed by atoms with Crippen LogP contribution in [-0.4, -0.2) is 42.0 Å². The number of nitrogens with zero attached hydrogens (tertiary/aromatic N) is 3. The van der Waals surface area contributed by atoms with E-state index in [1.165, 1.54) is 62.2 Å². The van der Waals surface area contributed by atoms with Crippen LogP contribution in [0.15, 0.2) is 4.99 Å². The first-order chi connectivity index (χ1) is 11.6. The Morgan fingerprint density at radius 1 is 1.24 bits per heavy atom. The second-order valence-electron chi connectivity index (χ2n) is 7.46. The molecule has 0 unspecified atom stereocenters. The van der Waals surface area contributed by atoms with Gasteiger partial charge in [-0.2, -0.15) is 0 Å². The van der Waals surface area contributed by atoms with Crippen LogP contribution in [0.4, 0.5) is 0 Å². The fourth-order valence-corrected chi connectivity index (χ4v) is 5.25. The lowest BCUT2D eigenvalue weighted by Gasteiger charge is -2.33. The molecule has 25 heavy (non-hydrogen) atoms. The molecule has 1 saturated heterocycles. The Morgan fingerprint density at radius 3 is 2.64 bits per heavy atom. The van der Waals surface area contributed by atoms with Crippen LogP contribution in [0.1, 0.15) is 61.0 Å². The van der Waals surface area contributed by atoms with E-state index in [1.54, 1.807) is 0 Å². The van der Waals surface area contributed by atoms with Crippen LogP contribution in [0, 0.1) is 19.3 Å². The van der Waals surface area contributed by atoms with Gasteiger partial charge in [-0.15, -0.1) is 35.3 Å². The molecule has 1 saturated carbocycles. The van der Waals surface area contributed by atoms with Gasteiger partial charge in [-0.05, 0) is 45.4 Å². The maximum Gasteiger partial charge on any atom is 0.193 e. The molecule has 0 amide bonds. The smallest absolute Gasteiger partial charge is 0.193 e. The molecule has 1 aromatic rings. The number of guanidine groups is 1. The molecule has 2 fully saturated rings. The number of halogens is 1. The van der Waals surface area contributed by atoms with Crippen LogP contribution in [0.5, 0.6) is 0 Å². The van der Waals surface area contributed by atoms with E-state index >= 15 is 0 Å². The highest BCUT2D eigenvalue weighted by atomic mass is 127. The summed E-state index contributed by atoms with van der Waals surface area (Å²) in [5.41, 5.74) is 1.76. The number of thiazole rings is 1. The van der Waals surface area contributed by atoms with Gasteiger partial charge in [0.05, 0.1) is 10.7 Å². The molecule has 1 aromatic heterocycles. The van der Waals surface area contributed by atoms with Gasteiger partial charge in [-0.1, -0.05) is 19.3 Å². The standard InChI is InChI=1S/C19H32N4S.HI/c1-4-20-18(21-12-8-17-15(2)22-16(3)24-17)23-13-11-19(14-23)9-6-5-7-10-19;/h4-14H2,1-3H3,(H,20,21);1H. The number of aryl methyl sites for hydroxylation is 2. The lowest BCUT2D eigenvalue weighted by atomic mass is 9.73. The monoisotopic (exact) mass is 476 g/mol. The average molecular weight is 476 g/mol. The number of hydrogen-bond donors (Lipinski definition) is 1. The predicted molar refractivity (Wildman–Crippen MR) is 118 cm³/mol. The summed E-state index contributed by atoms with van der Waals surface area (Å²) < 4.78 is 0. The van der Waals surface area contributed by atoms with Crippen molar-refractivity contribution in [1.29, 1.82) is 0 Å². The quantitative estimate of drug-likeness (QED) is 0.394. The van der Waals surface area contributed by atoms with Crippen molar-refractivity contribution in [1.82, 2.24) is 15.2 Å². The number of aliphatic imine (C=N–C) groups is 1. The van der Waals surface area contributed by atoms with Gasteiger partial charge < -0.3 is 10.2 Å². The zero-order chi connectivity index (χ0) is 17.0. The summed E-state index contributed by atoms with van der Waals surface area (Å²) in [5.74, 6) is 1.12. The largest absolute Gasteiger partial charge is 0.357 e. The van der Waals surface area contributed by atoms with E-state index < -0.39 is 0 Å². The van der Waals surface area contributed by atoms with Gasteiger partial charge in [0.15, 0.2) is 5.96 Å². The van der Waals surface area contributed by atoms with Gasteiger partial charge in [0.2, 0.25) is 0 Å². The molecule has 2 heterocycles. The Balaban J connectivity index is 0.00000225. The van der Waals surface area contributed by atoms with Crippen molar-refractivity contribution in [2.24, 2.45) is 10.4 Å². The first kappa shape index (κ1) is 20.9. The zero-order valence-corrected chi connectivity index (χ0v) is 19.1. The first-order valence-electron chi connectivity index (χ1n) is 9.58. The van der Waals surface area contributed by atoms with E-state index in [0.29, 0.717) is 5.41 Å². The number of likely N-dealkylation sites (tertiary alicyclic amines) is 1. The zero-order valence-electron chi connectivity index (χ0n) is 15.9. The Labute approximate surface area is 173 Å². The molecule has 6 heteroatoms. The molecule has 1 aliphatic heterocycles. The fraction of sp³-hybridized carbons (Fsp3) is 0.789. The van der Waals surface area contributed by atoms with E-state index in [-0.39, 0.29) is 24.0 Å². The van der Waals surface area contributed by atoms with E-state index in [9.17, 15) is 0 Å². The minimum Gasteiger partial charge on any atom is -0.357 e. The number of nitrogens with one attached hydrogen (secondary N) is 1. The minimum atomic E-state index is 0. The van der Waals surface area contributed by atoms with E-state index in [4.69, 9.17) is 4.99 Å². The molecular formula is C19H33IN4S.